The van der Waals surface area contributed by atoms with Crippen molar-refractivity contribution in [2.45, 2.75) is 26.8 Å². The van der Waals surface area contributed by atoms with Crippen molar-refractivity contribution in [2.75, 3.05) is 5.32 Å². The van der Waals surface area contributed by atoms with Gasteiger partial charge in [0.1, 0.15) is 11.6 Å². The van der Waals surface area contributed by atoms with Gasteiger partial charge < -0.3 is 16.2 Å². The van der Waals surface area contributed by atoms with Crippen LogP contribution < -0.4 is 11.1 Å². The molecule has 5 nitrogen and oxygen atoms in total. The second-order valence-electron chi connectivity index (χ2n) is 5.45. The smallest absolute Gasteiger partial charge is 0.338 e. The molecule has 1 aromatic carbocycles. The first-order valence-electron chi connectivity index (χ1n) is 5.83. The summed E-state index contributed by atoms with van der Waals surface area (Å²) in [7, 11) is 0. The van der Waals surface area contributed by atoms with Crippen LogP contribution in [0, 0.1) is 17.0 Å². The lowest BCUT2D eigenvalue weighted by atomic mass is 9.87. The number of carboxylic acids is 1. The van der Waals surface area contributed by atoms with Crippen molar-refractivity contribution in [3.05, 3.63) is 29.3 Å². The first-order chi connectivity index (χ1) is 9.04. The fourth-order valence-electron chi connectivity index (χ4n) is 1.41. The predicted molar refractivity (Wildman–Crippen MR) is 69.4 cm³/mol. The number of benzene rings is 1. The molecule has 0 heterocycles. The van der Waals surface area contributed by atoms with Crippen LogP contribution in [0.1, 0.15) is 31.1 Å². The zero-order chi connectivity index (χ0) is 15.7. The van der Waals surface area contributed by atoms with E-state index in [0.29, 0.717) is 6.07 Å². The molecule has 1 amide bonds. The monoisotopic (exact) mass is 286 g/mol. The largest absolute Gasteiger partial charge is 0.478 e. The van der Waals surface area contributed by atoms with Crippen LogP contribution in [-0.2, 0) is 4.79 Å². The number of anilines is 1. The third kappa shape index (κ3) is 3.51. The number of hydrogen-bond acceptors (Lipinski definition) is 3. The number of carbonyl (C=O) groups is 2. The summed E-state index contributed by atoms with van der Waals surface area (Å²) < 4.78 is 26.7. The summed E-state index contributed by atoms with van der Waals surface area (Å²) >= 11 is 0. The number of carboxylic acid groups (broad SMARTS) is 1. The number of nitrogens with one attached hydrogen (secondary N) is 1. The highest BCUT2D eigenvalue weighted by molar-refractivity contribution is 5.97. The van der Waals surface area contributed by atoms with Gasteiger partial charge in [0.05, 0.1) is 17.3 Å². The number of aromatic carboxylic acids is 1. The summed E-state index contributed by atoms with van der Waals surface area (Å²) in [5, 5.41) is 10.9. The topological polar surface area (TPSA) is 92.4 Å². The number of rotatable bonds is 3. The summed E-state index contributed by atoms with van der Waals surface area (Å²) in [5.41, 5.74) is 3.98. The van der Waals surface area contributed by atoms with Gasteiger partial charge in [0.15, 0.2) is 0 Å². The molecule has 0 fully saturated rings. The molecule has 0 aromatic heterocycles. The molecule has 110 valence electrons. The molecule has 1 rings (SSSR count). The highest BCUT2D eigenvalue weighted by atomic mass is 19.1. The van der Waals surface area contributed by atoms with E-state index in [4.69, 9.17) is 10.8 Å². The van der Waals surface area contributed by atoms with E-state index in [1.165, 1.54) is 0 Å². The van der Waals surface area contributed by atoms with E-state index in [1.807, 2.05) is 0 Å². The molecular formula is C13H16F2N2O3. The Morgan fingerprint density at radius 1 is 1.25 bits per heavy atom. The van der Waals surface area contributed by atoms with Crippen LogP contribution >= 0.6 is 0 Å². The standard InChI is InChI=1S/C13H16F2N2O3/c1-13(2,3)10(16)11(18)17-9-4-6(12(19)20)7(14)5-8(9)15/h4-5,10H,16H2,1-3H3,(H,17,18)(H,19,20). The molecule has 1 atom stereocenters. The lowest BCUT2D eigenvalue weighted by molar-refractivity contribution is -0.119. The van der Waals surface area contributed by atoms with Gasteiger partial charge >= 0.3 is 5.97 Å². The lowest BCUT2D eigenvalue weighted by Gasteiger charge is -2.25. The minimum Gasteiger partial charge on any atom is -0.478 e. The Morgan fingerprint density at radius 2 is 1.80 bits per heavy atom. The first kappa shape index (κ1) is 16.0. The van der Waals surface area contributed by atoms with Crippen molar-refractivity contribution in [3.63, 3.8) is 0 Å². The Bertz CT molecular complexity index is 553. The van der Waals surface area contributed by atoms with E-state index in [1.54, 1.807) is 20.8 Å². The molecule has 0 saturated heterocycles. The van der Waals surface area contributed by atoms with Crippen molar-refractivity contribution in [1.29, 1.82) is 0 Å². The average molecular weight is 286 g/mol. The molecule has 1 aromatic rings. The quantitative estimate of drug-likeness (QED) is 0.792. The molecule has 0 radical (unpaired) electrons. The highest BCUT2D eigenvalue weighted by Crippen LogP contribution is 2.22. The maximum atomic E-state index is 13.5. The van der Waals surface area contributed by atoms with Crippen LogP contribution in [0.5, 0.6) is 0 Å². The van der Waals surface area contributed by atoms with Gasteiger partial charge in [-0.15, -0.1) is 0 Å². The van der Waals surface area contributed by atoms with Crippen molar-refractivity contribution >= 4 is 17.6 Å². The number of carbonyl (C=O) groups excluding carboxylic acids is 1. The predicted octanol–water partition coefficient (Wildman–Crippen LogP) is 1.97. The minimum absolute atomic E-state index is 0.404. The van der Waals surface area contributed by atoms with Gasteiger partial charge in [-0.2, -0.15) is 0 Å². The van der Waals surface area contributed by atoms with E-state index in [0.717, 1.165) is 6.07 Å². The van der Waals surface area contributed by atoms with Gasteiger partial charge in [0, 0.05) is 6.07 Å². The molecule has 0 aliphatic carbocycles. The Morgan fingerprint density at radius 3 is 2.25 bits per heavy atom. The van der Waals surface area contributed by atoms with Crippen LogP contribution in [0.2, 0.25) is 0 Å². The van der Waals surface area contributed by atoms with Gasteiger partial charge in [0.25, 0.3) is 0 Å². The molecule has 1 unspecified atom stereocenters. The van der Waals surface area contributed by atoms with E-state index < -0.39 is 46.2 Å². The van der Waals surface area contributed by atoms with Gasteiger partial charge in [-0.25, -0.2) is 13.6 Å². The van der Waals surface area contributed by atoms with Crippen LogP contribution in [0.3, 0.4) is 0 Å². The maximum Gasteiger partial charge on any atom is 0.338 e. The number of hydrogen-bond donors (Lipinski definition) is 3. The lowest BCUT2D eigenvalue weighted by Crippen LogP contribution is -2.45. The van der Waals surface area contributed by atoms with Gasteiger partial charge in [-0.05, 0) is 11.5 Å². The van der Waals surface area contributed by atoms with E-state index >= 15 is 0 Å². The molecule has 4 N–H and O–H groups in total. The summed E-state index contributed by atoms with van der Waals surface area (Å²) in [6.45, 7) is 5.17. The number of nitrogens with two attached hydrogens (primary N) is 1. The summed E-state index contributed by atoms with van der Waals surface area (Å²) in [6, 6.07) is 0.197. The zero-order valence-corrected chi connectivity index (χ0v) is 11.3. The third-order valence-electron chi connectivity index (χ3n) is 2.76. The Balaban J connectivity index is 3.07. The molecule has 0 aliphatic rings. The fraction of sp³-hybridized carbons (Fsp3) is 0.385. The number of amides is 1. The fourth-order valence-corrected chi connectivity index (χ4v) is 1.41. The van der Waals surface area contributed by atoms with E-state index in [9.17, 15) is 18.4 Å². The summed E-state index contributed by atoms with van der Waals surface area (Å²) in [4.78, 5) is 22.6. The van der Waals surface area contributed by atoms with E-state index in [-0.39, 0.29) is 0 Å². The van der Waals surface area contributed by atoms with Crippen LogP contribution in [-0.4, -0.2) is 23.0 Å². The molecule has 0 spiro atoms. The zero-order valence-electron chi connectivity index (χ0n) is 11.3. The van der Waals surface area contributed by atoms with Gasteiger partial charge in [-0.3, -0.25) is 4.79 Å². The molecule has 0 saturated carbocycles. The Labute approximate surface area is 114 Å². The van der Waals surface area contributed by atoms with Crippen molar-refractivity contribution in [1.82, 2.24) is 0 Å². The highest BCUT2D eigenvalue weighted by Gasteiger charge is 2.28. The third-order valence-corrected chi connectivity index (χ3v) is 2.76. The second-order valence-corrected chi connectivity index (χ2v) is 5.45. The maximum absolute atomic E-state index is 13.5. The average Bonchev–Trinajstić information content (AvgIpc) is 2.29. The first-order valence-corrected chi connectivity index (χ1v) is 5.83. The van der Waals surface area contributed by atoms with Crippen LogP contribution in [0.4, 0.5) is 14.5 Å². The molecule has 0 bridgehead atoms. The minimum atomic E-state index is -1.56. The normalized spacial score (nSPS) is 12.9. The van der Waals surface area contributed by atoms with Crippen molar-refractivity contribution < 1.29 is 23.5 Å². The van der Waals surface area contributed by atoms with Crippen LogP contribution in [0.25, 0.3) is 0 Å². The number of halogens is 2. The van der Waals surface area contributed by atoms with E-state index in [2.05, 4.69) is 5.32 Å². The Kier molecular flexibility index (Phi) is 4.44. The summed E-state index contributed by atoms with van der Waals surface area (Å²) in [6.07, 6.45) is 0. The molecular weight excluding hydrogens is 270 g/mol. The SMILES string of the molecule is CC(C)(C)C(N)C(=O)Nc1cc(C(=O)O)c(F)cc1F. The Hall–Kier alpha value is -2.02. The van der Waals surface area contributed by atoms with Crippen LogP contribution in [0.15, 0.2) is 12.1 Å². The molecule has 0 aliphatic heterocycles. The van der Waals surface area contributed by atoms with Crippen molar-refractivity contribution in [3.8, 4) is 0 Å². The molecule has 7 heteroatoms. The second kappa shape index (κ2) is 5.54. The van der Waals surface area contributed by atoms with Gasteiger partial charge in [-0.1, -0.05) is 20.8 Å². The summed E-state index contributed by atoms with van der Waals surface area (Å²) in [5.74, 6) is -4.52. The molecule has 20 heavy (non-hydrogen) atoms. The van der Waals surface area contributed by atoms with Gasteiger partial charge in [0.2, 0.25) is 5.91 Å². The van der Waals surface area contributed by atoms with Crippen molar-refractivity contribution in [2.24, 2.45) is 11.1 Å².